The molecule has 1 amide bonds. The summed E-state index contributed by atoms with van der Waals surface area (Å²) in [6.07, 6.45) is 3.47. The molecule has 1 N–H and O–H groups in total. The lowest BCUT2D eigenvalue weighted by Gasteiger charge is -2.14. The Morgan fingerprint density at radius 2 is 1.67 bits per heavy atom. The lowest BCUT2D eigenvalue weighted by molar-refractivity contribution is -0.671. The number of hydrogen-bond donors (Lipinski definition) is 1. The largest absolute Gasteiger partial charge is 1.00 e. The lowest BCUT2D eigenvalue weighted by atomic mass is 10.2. The van der Waals surface area contributed by atoms with Crippen molar-refractivity contribution < 1.29 is 57.1 Å². The van der Waals surface area contributed by atoms with Crippen molar-refractivity contribution in [2.24, 2.45) is 7.05 Å². The third-order valence-electron chi connectivity index (χ3n) is 3.54. The first-order valence-corrected chi connectivity index (χ1v) is 7.70. The first-order chi connectivity index (χ1) is 12.5. The van der Waals surface area contributed by atoms with Gasteiger partial charge in [0.1, 0.15) is 12.6 Å². The second-order valence-corrected chi connectivity index (χ2v) is 5.25. The predicted octanol–water partition coefficient (Wildman–Crippen LogP) is -1.91. The molecule has 0 saturated heterocycles. The van der Waals surface area contributed by atoms with Gasteiger partial charge < -0.3 is 48.2 Å². The highest BCUT2D eigenvalue weighted by Crippen LogP contribution is 2.38. The second-order valence-electron chi connectivity index (χ2n) is 5.25. The molecule has 1 aromatic heterocycles. The number of nitrogens with one attached hydrogen (secondary N) is 1. The highest BCUT2D eigenvalue weighted by molar-refractivity contribution is 5.94. The molecule has 0 aliphatic rings. The maximum atomic E-state index is 12.2. The van der Waals surface area contributed by atoms with E-state index in [1.807, 2.05) is 0 Å². The van der Waals surface area contributed by atoms with Gasteiger partial charge in [0.15, 0.2) is 30.6 Å². The summed E-state index contributed by atoms with van der Waals surface area (Å²) in [5, 5.41) is 2.52. The summed E-state index contributed by atoms with van der Waals surface area (Å²) in [4.78, 5) is 24.3. The monoisotopic (exact) mass is 488 g/mol. The van der Waals surface area contributed by atoms with E-state index in [1.54, 1.807) is 36.1 Å². The number of nitrogens with zero attached hydrogens (tertiary/aromatic N) is 1. The summed E-state index contributed by atoms with van der Waals surface area (Å²) in [6, 6.07) is 6.36. The minimum Gasteiger partial charge on any atom is -1.00 e. The van der Waals surface area contributed by atoms with E-state index in [4.69, 9.17) is 18.9 Å². The number of ether oxygens (including phenoxy) is 4. The fraction of sp³-hybridized carbons (Fsp3) is 0.278. The number of halogens is 1. The molecule has 0 unspecified atom stereocenters. The van der Waals surface area contributed by atoms with Gasteiger partial charge in [-0.15, -0.1) is 0 Å². The number of benzene rings is 1. The Bertz CT molecular complexity index is 787. The summed E-state index contributed by atoms with van der Waals surface area (Å²) in [7, 11) is 6.18. The number of carbonyl (C=O) groups excluding carboxylic acids is 2. The standard InChI is InChI=1S/C18H20N2O6.HI/c1-20-7-5-6-12(10-20)17(21)19-11-26-18(22)13-8-14(23-2)16(25-4)15(9-13)24-3;/h5-10H,11H2,1-4H3;1H. The molecule has 8 nitrogen and oxygen atoms in total. The molecule has 0 saturated carbocycles. The SMILES string of the molecule is COc1cc(C(=O)OCNC(=O)c2ccc[n+](C)c2)cc(OC)c1OC.[I-]. The van der Waals surface area contributed by atoms with E-state index >= 15 is 0 Å². The van der Waals surface area contributed by atoms with E-state index in [1.165, 1.54) is 33.5 Å². The molecule has 2 aromatic rings. The molecule has 0 atom stereocenters. The van der Waals surface area contributed by atoms with Gasteiger partial charge in [-0.25, -0.2) is 9.36 Å². The van der Waals surface area contributed by atoms with Gasteiger partial charge in [-0.1, -0.05) is 0 Å². The molecule has 146 valence electrons. The number of aryl methyl sites for hydroxylation is 1. The zero-order valence-corrected chi connectivity index (χ0v) is 17.6. The highest BCUT2D eigenvalue weighted by atomic mass is 127. The number of pyridine rings is 1. The fourth-order valence-corrected chi connectivity index (χ4v) is 2.27. The number of amides is 1. The van der Waals surface area contributed by atoms with Crippen LogP contribution in [0.25, 0.3) is 0 Å². The van der Waals surface area contributed by atoms with E-state index < -0.39 is 5.97 Å². The van der Waals surface area contributed by atoms with Crippen LogP contribution >= 0.6 is 0 Å². The van der Waals surface area contributed by atoms with Crippen LogP contribution in [0, 0.1) is 0 Å². The maximum Gasteiger partial charge on any atom is 0.340 e. The molecular weight excluding hydrogens is 467 g/mol. The van der Waals surface area contributed by atoms with E-state index in [2.05, 4.69) is 5.32 Å². The van der Waals surface area contributed by atoms with Gasteiger partial charge in [0.2, 0.25) is 5.75 Å². The van der Waals surface area contributed by atoms with Gasteiger partial charge >= 0.3 is 5.97 Å². The lowest BCUT2D eigenvalue weighted by Crippen LogP contribution is -3.00. The van der Waals surface area contributed by atoms with Crippen LogP contribution in [0.5, 0.6) is 17.2 Å². The summed E-state index contributed by atoms with van der Waals surface area (Å²) < 4.78 is 22.4. The molecular formula is C18H21IN2O6. The van der Waals surface area contributed by atoms with E-state index in [0.717, 1.165) is 0 Å². The van der Waals surface area contributed by atoms with Crippen molar-refractivity contribution in [2.45, 2.75) is 0 Å². The quantitative estimate of drug-likeness (QED) is 0.212. The maximum absolute atomic E-state index is 12.2. The van der Waals surface area contributed by atoms with Crippen LogP contribution in [0.3, 0.4) is 0 Å². The summed E-state index contributed by atoms with van der Waals surface area (Å²) in [6.45, 7) is -0.271. The van der Waals surface area contributed by atoms with Gasteiger partial charge in [0.25, 0.3) is 5.91 Å². The van der Waals surface area contributed by atoms with E-state index in [9.17, 15) is 9.59 Å². The highest BCUT2D eigenvalue weighted by Gasteiger charge is 2.18. The summed E-state index contributed by atoms with van der Waals surface area (Å²) >= 11 is 0. The topological polar surface area (TPSA) is 87.0 Å². The van der Waals surface area contributed by atoms with Crippen LogP contribution in [-0.4, -0.2) is 39.9 Å². The Morgan fingerprint density at radius 3 is 2.19 bits per heavy atom. The number of methoxy groups -OCH3 is 3. The van der Waals surface area contributed by atoms with Crippen LogP contribution in [0.15, 0.2) is 36.7 Å². The van der Waals surface area contributed by atoms with Gasteiger partial charge in [-0.2, -0.15) is 0 Å². The molecule has 2 rings (SSSR count). The van der Waals surface area contributed by atoms with Gasteiger partial charge in [-0.3, -0.25) is 4.79 Å². The average molecular weight is 488 g/mol. The van der Waals surface area contributed by atoms with Crippen molar-refractivity contribution in [2.75, 3.05) is 28.1 Å². The molecule has 1 aromatic carbocycles. The molecule has 0 aliphatic carbocycles. The fourth-order valence-electron chi connectivity index (χ4n) is 2.27. The van der Waals surface area contributed by atoms with Crippen LogP contribution in [0.2, 0.25) is 0 Å². The molecule has 27 heavy (non-hydrogen) atoms. The Morgan fingerprint density at radius 1 is 1.04 bits per heavy atom. The van der Waals surface area contributed by atoms with Crippen LogP contribution in [0.1, 0.15) is 20.7 Å². The Hall–Kier alpha value is -2.56. The number of hydrogen-bond acceptors (Lipinski definition) is 6. The molecule has 0 bridgehead atoms. The molecule has 0 radical (unpaired) electrons. The first kappa shape index (κ1) is 22.5. The Balaban J connectivity index is 0.00000364. The normalized spacial score (nSPS) is 9.63. The van der Waals surface area contributed by atoms with Crippen LogP contribution in [0.4, 0.5) is 0 Å². The van der Waals surface area contributed by atoms with Gasteiger partial charge in [-0.05, 0) is 18.2 Å². The zero-order chi connectivity index (χ0) is 19.1. The molecule has 9 heteroatoms. The van der Waals surface area contributed by atoms with E-state index in [-0.39, 0.29) is 42.2 Å². The van der Waals surface area contributed by atoms with Crippen molar-refractivity contribution in [1.82, 2.24) is 5.32 Å². The van der Waals surface area contributed by atoms with Crippen molar-refractivity contribution in [3.63, 3.8) is 0 Å². The number of carbonyl (C=O) groups is 2. The first-order valence-electron chi connectivity index (χ1n) is 7.70. The Labute approximate surface area is 174 Å². The zero-order valence-electron chi connectivity index (χ0n) is 15.4. The third kappa shape index (κ3) is 5.71. The van der Waals surface area contributed by atoms with Crippen molar-refractivity contribution in [3.05, 3.63) is 47.8 Å². The van der Waals surface area contributed by atoms with E-state index in [0.29, 0.717) is 22.8 Å². The molecule has 1 heterocycles. The minimum atomic E-state index is -0.636. The number of rotatable bonds is 7. The van der Waals surface area contributed by atoms with Crippen molar-refractivity contribution in [3.8, 4) is 17.2 Å². The smallest absolute Gasteiger partial charge is 0.340 e. The van der Waals surface area contributed by atoms with Crippen molar-refractivity contribution >= 4 is 11.9 Å². The predicted molar refractivity (Wildman–Crippen MR) is 91.5 cm³/mol. The van der Waals surface area contributed by atoms with Gasteiger partial charge in [0, 0.05) is 6.07 Å². The minimum absolute atomic E-state index is 0. The third-order valence-corrected chi connectivity index (χ3v) is 3.54. The van der Waals surface area contributed by atoms with Crippen molar-refractivity contribution in [1.29, 1.82) is 0 Å². The number of esters is 1. The van der Waals surface area contributed by atoms with Crippen LogP contribution in [-0.2, 0) is 11.8 Å². The summed E-state index contributed by atoms with van der Waals surface area (Å²) in [5.41, 5.74) is 0.665. The molecule has 0 fully saturated rings. The summed E-state index contributed by atoms with van der Waals surface area (Å²) in [5.74, 6) is 0.0538. The van der Waals surface area contributed by atoms with Gasteiger partial charge in [0.05, 0.1) is 26.9 Å². The Kier molecular flexibility index (Phi) is 8.79. The average Bonchev–Trinajstić information content (AvgIpc) is 2.66. The number of aromatic nitrogens is 1. The molecule has 0 aliphatic heterocycles. The van der Waals surface area contributed by atoms with Crippen LogP contribution < -0.4 is 48.1 Å². The second kappa shape index (κ2) is 10.6. The molecule has 0 spiro atoms.